The van der Waals surface area contributed by atoms with Gasteiger partial charge in [0.05, 0.1) is 5.75 Å². The molecule has 78 valence electrons. The van der Waals surface area contributed by atoms with Crippen LogP contribution < -0.4 is 10.5 Å². The monoisotopic (exact) mass is 215 g/mol. The maximum atomic E-state index is 10.6. The van der Waals surface area contributed by atoms with Crippen molar-refractivity contribution in [1.82, 2.24) is 4.98 Å². The van der Waals surface area contributed by atoms with E-state index >= 15 is 0 Å². The summed E-state index contributed by atoms with van der Waals surface area (Å²) in [5.74, 6) is 0.597. The largest absolute Gasteiger partial charge is 0.369 e. The van der Waals surface area contributed by atoms with Crippen molar-refractivity contribution in [3.05, 3.63) is 23.9 Å². The first-order valence-corrected chi connectivity index (χ1v) is 5.86. The average molecular weight is 215 g/mol. The molecule has 0 spiro atoms. The topological polar surface area (TPSA) is 85.1 Å². The SMILES string of the molecule is Cc1cccnc1NCCS(N)(=O)=O. The molecular formula is C8H13N3O2S. The van der Waals surface area contributed by atoms with Crippen molar-refractivity contribution in [2.45, 2.75) is 6.92 Å². The molecule has 3 N–H and O–H groups in total. The lowest BCUT2D eigenvalue weighted by Gasteiger charge is -2.06. The van der Waals surface area contributed by atoms with Crippen LogP contribution in [0.25, 0.3) is 0 Å². The molecule has 6 heteroatoms. The summed E-state index contributed by atoms with van der Waals surface area (Å²) in [7, 11) is -3.40. The van der Waals surface area contributed by atoms with Crippen molar-refractivity contribution in [3.63, 3.8) is 0 Å². The number of nitrogens with zero attached hydrogens (tertiary/aromatic N) is 1. The van der Waals surface area contributed by atoms with Crippen LogP contribution in [0.1, 0.15) is 5.56 Å². The number of nitrogens with two attached hydrogens (primary N) is 1. The van der Waals surface area contributed by atoms with Crippen LogP contribution in [0.5, 0.6) is 0 Å². The van der Waals surface area contributed by atoms with Crippen LogP contribution in [-0.2, 0) is 10.0 Å². The summed E-state index contributed by atoms with van der Waals surface area (Å²) in [5, 5.41) is 7.75. The van der Waals surface area contributed by atoms with Gasteiger partial charge in [-0.3, -0.25) is 0 Å². The van der Waals surface area contributed by atoms with Crippen LogP contribution in [0.15, 0.2) is 18.3 Å². The number of hydrogen-bond donors (Lipinski definition) is 2. The van der Waals surface area contributed by atoms with E-state index in [4.69, 9.17) is 5.14 Å². The van der Waals surface area contributed by atoms with Crippen molar-refractivity contribution < 1.29 is 8.42 Å². The second-order valence-corrected chi connectivity index (χ2v) is 4.70. The summed E-state index contributed by atoms with van der Waals surface area (Å²) in [4.78, 5) is 4.05. The van der Waals surface area contributed by atoms with Crippen LogP contribution in [0.2, 0.25) is 0 Å². The minimum absolute atomic E-state index is 0.0942. The van der Waals surface area contributed by atoms with Gasteiger partial charge in [0.2, 0.25) is 10.0 Å². The Morgan fingerprint density at radius 2 is 2.29 bits per heavy atom. The number of sulfonamides is 1. The van der Waals surface area contributed by atoms with Crippen molar-refractivity contribution in [1.29, 1.82) is 0 Å². The Bertz CT molecular complexity index is 403. The van der Waals surface area contributed by atoms with E-state index in [2.05, 4.69) is 10.3 Å². The molecule has 0 fully saturated rings. The molecule has 0 radical (unpaired) electrons. The van der Waals surface area contributed by atoms with Gasteiger partial charge >= 0.3 is 0 Å². The molecule has 1 rings (SSSR count). The van der Waals surface area contributed by atoms with E-state index < -0.39 is 10.0 Å². The van der Waals surface area contributed by atoms with Gasteiger partial charge in [0.1, 0.15) is 5.82 Å². The molecule has 1 aromatic heterocycles. The smallest absolute Gasteiger partial charge is 0.210 e. The average Bonchev–Trinajstić information content (AvgIpc) is 2.06. The first-order chi connectivity index (χ1) is 6.49. The maximum absolute atomic E-state index is 10.6. The Hall–Kier alpha value is -1.14. The molecule has 0 aliphatic rings. The molecule has 0 bridgehead atoms. The highest BCUT2D eigenvalue weighted by Crippen LogP contribution is 2.08. The van der Waals surface area contributed by atoms with E-state index in [0.717, 1.165) is 5.56 Å². The van der Waals surface area contributed by atoms with E-state index in [0.29, 0.717) is 5.82 Å². The standard InChI is InChI=1S/C8H13N3O2S/c1-7-3-2-4-10-8(7)11-5-6-14(9,12)13/h2-4H,5-6H2,1H3,(H,10,11)(H2,9,12,13). The molecule has 0 unspecified atom stereocenters. The van der Waals surface area contributed by atoms with Crippen molar-refractivity contribution in [2.24, 2.45) is 5.14 Å². The quantitative estimate of drug-likeness (QED) is 0.745. The summed E-state index contributed by atoms with van der Waals surface area (Å²) in [6.45, 7) is 2.17. The molecule has 0 aliphatic carbocycles. The summed E-state index contributed by atoms with van der Waals surface area (Å²) < 4.78 is 21.2. The molecule has 0 aliphatic heterocycles. The maximum Gasteiger partial charge on any atom is 0.210 e. The lowest BCUT2D eigenvalue weighted by molar-refractivity contribution is 0.598. The Morgan fingerprint density at radius 3 is 2.86 bits per heavy atom. The number of aromatic nitrogens is 1. The Morgan fingerprint density at radius 1 is 1.57 bits per heavy atom. The van der Waals surface area contributed by atoms with Crippen LogP contribution in [-0.4, -0.2) is 25.7 Å². The number of nitrogens with one attached hydrogen (secondary N) is 1. The van der Waals surface area contributed by atoms with E-state index in [1.807, 2.05) is 19.1 Å². The predicted molar refractivity (Wildman–Crippen MR) is 55.4 cm³/mol. The highest BCUT2D eigenvalue weighted by molar-refractivity contribution is 7.89. The van der Waals surface area contributed by atoms with Crippen LogP contribution in [0.3, 0.4) is 0 Å². The molecular weight excluding hydrogens is 202 g/mol. The van der Waals surface area contributed by atoms with Gasteiger partial charge in [-0.1, -0.05) is 6.07 Å². The van der Waals surface area contributed by atoms with E-state index in [1.54, 1.807) is 6.20 Å². The minimum atomic E-state index is -3.40. The van der Waals surface area contributed by atoms with Gasteiger partial charge in [0.15, 0.2) is 0 Å². The lowest BCUT2D eigenvalue weighted by atomic mass is 10.3. The molecule has 14 heavy (non-hydrogen) atoms. The molecule has 1 aromatic rings. The highest BCUT2D eigenvalue weighted by Gasteiger charge is 2.02. The first-order valence-electron chi connectivity index (χ1n) is 4.15. The summed E-state index contributed by atoms with van der Waals surface area (Å²) >= 11 is 0. The zero-order chi connectivity index (χ0) is 10.6. The fourth-order valence-corrected chi connectivity index (χ4v) is 1.37. The second-order valence-electron chi connectivity index (χ2n) is 2.96. The molecule has 0 aromatic carbocycles. The minimum Gasteiger partial charge on any atom is -0.369 e. The summed E-state index contributed by atoms with van der Waals surface area (Å²) in [6, 6.07) is 3.71. The lowest BCUT2D eigenvalue weighted by Crippen LogP contribution is -2.22. The van der Waals surface area contributed by atoms with Gasteiger partial charge in [0.25, 0.3) is 0 Å². The van der Waals surface area contributed by atoms with E-state index in [1.165, 1.54) is 0 Å². The number of hydrogen-bond acceptors (Lipinski definition) is 4. The molecule has 0 amide bonds. The van der Waals surface area contributed by atoms with Gasteiger partial charge in [0, 0.05) is 12.7 Å². The predicted octanol–water partition coefficient (Wildman–Crippen LogP) is 0.0904. The normalized spacial score (nSPS) is 11.3. The Balaban J connectivity index is 2.51. The third-order valence-corrected chi connectivity index (χ3v) is 2.46. The molecule has 1 heterocycles. The fraction of sp³-hybridized carbons (Fsp3) is 0.375. The summed E-state index contributed by atoms with van der Waals surface area (Å²) in [5.41, 5.74) is 0.974. The van der Waals surface area contributed by atoms with Gasteiger partial charge in [-0.15, -0.1) is 0 Å². The van der Waals surface area contributed by atoms with Gasteiger partial charge in [-0.2, -0.15) is 0 Å². The van der Waals surface area contributed by atoms with E-state index in [-0.39, 0.29) is 12.3 Å². The number of pyridine rings is 1. The van der Waals surface area contributed by atoms with Crippen LogP contribution in [0.4, 0.5) is 5.82 Å². The third kappa shape index (κ3) is 3.71. The summed E-state index contributed by atoms with van der Waals surface area (Å²) in [6.07, 6.45) is 1.65. The number of primary sulfonamides is 1. The number of aryl methyl sites for hydroxylation is 1. The van der Waals surface area contributed by atoms with Crippen molar-refractivity contribution in [3.8, 4) is 0 Å². The third-order valence-electron chi connectivity index (χ3n) is 1.69. The molecule has 5 nitrogen and oxygen atoms in total. The van der Waals surface area contributed by atoms with Gasteiger partial charge in [-0.05, 0) is 18.6 Å². The fourth-order valence-electron chi connectivity index (χ4n) is 0.982. The molecule has 0 saturated heterocycles. The van der Waals surface area contributed by atoms with Gasteiger partial charge in [-0.25, -0.2) is 18.5 Å². The van der Waals surface area contributed by atoms with Crippen LogP contribution >= 0.6 is 0 Å². The van der Waals surface area contributed by atoms with Crippen molar-refractivity contribution in [2.75, 3.05) is 17.6 Å². The second kappa shape index (κ2) is 4.39. The van der Waals surface area contributed by atoms with Gasteiger partial charge < -0.3 is 5.32 Å². The Labute approximate surface area is 83.4 Å². The number of rotatable bonds is 4. The zero-order valence-electron chi connectivity index (χ0n) is 7.90. The molecule has 0 saturated carbocycles. The highest BCUT2D eigenvalue weighted by atomic mass is 32.2. The van der Waals surface area contributed by atoms with E-state index in [9.17, 15) is 8.42 Å². The number of anilines is 1. The molecule has 0 atom stereocenters. The first kappa shape index (κ1) is 10.9. The zero-order valence-corrected chi connectivity index (χ0v) is 8.71. The van der Waals surface area contributed by atoms with Crippen molar-refractivity contribution >= 4 is 15.8 Å². The Kier molecular flexibility index (Phi) is 3.43. The van der Waals surface area contributed by atoms with Crippen LogP contribution in [0, 0.1) is 6.92 Å².